The first-order valence-corrected chi connectivity index (χ1v) is 10.6. The van der Waals surface area contributed by atoms with Gasteiger partial charge in [-0.3, -0.25) is 9.78 Å². The lowest BCUT2D eigenvalue weighted by atomic mass is 9.84. The number of likely N-dealkylation sites (tertiary alicyclic amines) is 1. The Hall–Kier alpha value is -2.51. The minimum atomic E-state index is -2.46. The number of hydrogen-bond acceptors (Lipinski definition) is 4. The number of rotatable bonds is 3. The Morgan fingerprint density at radius 3 is 2.60 bits per heavy atom. The maximum atomic E-state index is 13.9. The van der Waals surface area contributed by atoms with E-state index >= 15 is 0 Å². The van der Waals surface area contributed by atoms with Crippen LogP contribution in [0.1, 0.15) is 62.1 Å². The summed E-state index contributed by atoms with van der Waals surface area (Å²) in [7, 11) is 0. The summed E-state index contributed by atoms with van der Waals surface area (Å²) in [6, 6.07) is 4.47. The molecule has 30 heavy (non-hydrogen) atoms. The molecule has 2 aliphatic rings. The molecule has 0 spiro atoms. The van der Waals surface area contributed by atoms with Gasteiger partial charge in [-0.1, -0.05) is 20.8 Å². The third kappa shape index (κ3) is 4.04. The van der Waals surface area contributed by atoms with E-state index in [0.29, 0.717) is 30.9 Å². The maximum absolute atomic E-state index is 13.9. The zero-order chi connectivity index (χ0) is 21.5. The summed E-state index contributed by atoms with van der Waals surface area (Å²) < 4.78 is 29.2. The van der Waals surface area contributed by atoms with Gasteiger partial charge in [-0.25, -0.2) is 13.5 Å². The fourth-order valence-electron chi connectivity index (χ4n) is 4.43. The Balaban J connectivity index is 1.45. The molecule has 0 aliphatic carbocycles. The molecule has 6 nitrogen and oxygen atoms in total. The highest BCUT2D eigenvalue weighted by Crippen LogP contribution is 2.38. The minimum Gasteiger partial charge on any atom is -0.367 e. The van der Waals surface area contributed by atoms with Crippen molar-refractivity contribution in [2.24, 2.45) is 5.92 Å². The quantitative estimate of drug-likeness (QED) is 0.816. The van der Waals surface area contributed by atoms with E-state index in [0.717, 1.165) is 18.5 Å². The standard InChI is InChI=1S/C22H29F2N5O/c1-22(2,3)18-12-19-26-16(11-17(20(23)24)29(19)27-18)14-6-9-28(10-7-14)21(30)15-5-4-8-25-13-15/h4-5,8,12-14,16-17,20,26H,6-7,9-11H2,1-3H3/t16-,17+/m0/s1. The number of anilines is 1. The molecule has 2 aromatic rings. The molecular weight excluding hydrogens is 388 g/mol. The molecule has 162 valence electrons. The third-order valence-electron chi connectivity index (χ3n) is 6.24. The summed E-state index contributed by atoms with van der Waals surface area (Å²) in [6.45, 7) is 7.35. The van der Waals surface area contributed by atoms with Gasteiger partial charge in [0.05, 0.1) is 11.3 Å². The van der Waals surface area contributed by atoms with Crippen LogP contribution in [-0.2, 0) is 5.41 Å². The first-order chi connectivity index (χ1) is 14.2. The zero-order valence-corrected chi connectivity index (χ0v) is 17.7. The van der Waals surface area contributed by atoms with Gasteiger partial charge < -0.3 is 10.2 Å². The van der Waals surface area contributed by atoms with Crippen molar-refractivity contribution in [2.75, 3.05) is 18.4 Å². The molecule has 1 saturated heterocycles. The molecule has 0 bridgehead atoms. The number of halogens is 2. The van der Waals surface area contributed by atoms with Crippen molar-refractivity contribution >= 4 is 11.7 Å². The molecule has 0 unspecified atom stereocenters. The summed E-state index contributed by atoms with van der Waals surface area (Å²) in [6.07, 6.45) is 2.69. The minimum absolute atomic E-state index is 0.0171. The predicted molar refractivity (Wildman–Crippen MR) is 111 cm³/mol. The Bertz CT molecular complexity index is 885. The fraction of sp³-hybridized carbons (Fsp3) is 0.591. The topological polar surface area (TPSA) is 63.1 Å². The number of pyridine rings is 1. The van der Waals surface area contributed by atoms with Crippen LogP contribution in [0.3, 0.4) is 0 Å². The largest absolute Gasteiger partial charge is 0.367 e. The van der Waals surface area contributed by atoms with Crippen LogP contribution in [0, 0.1) is 5.92 Å². The molecule has 0 saturated carbocycles. The van der Waals surface area contributed by atoms with Gasteiger partial charge >= 0.3 is 0 Å². The highest BCUT2D eigenvalue weighted by atomic mass is 19.3. The van der Waals surface area contributed by atoms with Crippen LogP contribution in [0.4, 0.5) is 14.6 Å². The van der Waals surface area contributed by atoms with Crippen LogP contribution in [0.5, 0.6) is 0 Å². The molecular formula is C22H29F2N5O. The molecule has 4 rings (SSSR count). The van der Waals surface area contributed by atoms with E-state index < -0.39 is 12.5 Å². The summed E-state index contributed by atoms with van der Waals surface area (Å²) >= 11 is 0. The second kappa shape index (κ2) is 7.96. The Morgan fingerprint density at radius 2 is 2.00 bits per heavy atom. The molecule has 2 aliphatic heterocycles. The monoisotopic (exact) mass is 417 g/mol. The van der Waals surface area contributed by atoms with Crippen molar-refractivity contribution in [3.8, 4) is 0 Å². The lowest BCUT2D eigenvalue weighted by Crippen LogP contribution is -2.46. The van der Waals surface area contributed by atoms with E-state index in [9.17, 15) is 13.6 Å². The van der Waals surface area contributed by atoms with Gasteiger partial charge in [0.2, 0.25) is 0 Å². The molecule has 4 heterocycles. The molecule has 8 heteroatoms. The van der Waals surface area contributed by atoms with Gasteiger partial charge in [-0.15, -0.1) is 0 Å². The summed E-state index contributed by atoms with van der Waals surface area (Å²) in [4.78, 5) is 18.5. The summed E-state index contributed by atoms with van der Waals surface area (Å²) in [5, 5.41) is 7.96. The number of alkyl halides is 2. The number of carbonyl (C=O) groups excluding carboxylic acids is 1. The van der Waals surface area contributed by atoms with E-state index in [-0.39, 0.29) is 23.3 Å². The van der Waals surface area contributed by atoms with Crippen LogP contribution in [0.25, 0.3) is 0 Å². The van der Waals surface area contributed by atoms with Crippen molar-refractivity contribution in [3.05, 3.63) is 41.9 Å². The van der Waals surface area contributed by atoms with Crippen molar-refractivity contribution in [3.63, 3.8) is 0 Å². The molecule has 1 fully saturated rings. The van der Waals surface area contributed by atoms with E-state index in [1.165, 1.54) is 4.68 Å². The molecule has 2 aromatic heterocycles. The summed E-state index contributed by atoms with van der Waals surface area (Å²) in [5.41, 5.74) is 1.20. The third-order valence-corrected chi connectivity index (χ3v) is 6.24. The van der Waals surface area contributed by atoms with Crippen LogP contribution in [0.2, 0.25) is 0 Å². The number of piperidine rings is 1. The van der Waals surface area contributed by atoms with E-state index in [2.05, 4.69) is 15.4 Å². The molecule has 0 radical (unpaired) electrons. The number of nitrogens with one attached hydrogen (secondary N) is 1. The average Bonchev–Trinajstić information content (AvgIpc) is 3.18. The Morgan fingerprint density at radius 1 is 1.27 bits per heavy atom. The van der Waals surface area contributed by atoms with Gasteiger partial charge in [-0.2, -0.15) is 5.10 Å². The second-order valence-corrected chi connectivity index (χ2v) is 9.37. The highest BCUT2D eigenvalue weighted by molar-refractivity contribution is 5.93. The van der Waals surface area contributed by atoms with Crippen molar-refractivity contribution < 1.29 is 13.6 Å². The molecule has 1 amide bonds. The molecule has 0 aromatic carbocycles. The lowest BCUT2D eigenvalue weighted by Gasteiger charge is -2.40. The number of hydrogen-bond donors (Lipinski definition) is 1. The van der Waals surface area contributed by atoms with Crippen molar-refractivity contribution in [1.82, 2.24) is 19.7 Å². The Labute approximate surface area is 175 Å². The van der Waals surface area contributed by atoms with Crippen LogP contribution in [0.15, 0.2) is 30.6 Å². The number of fused-ring (bicyclic) bond motifs is 1. The van der Waals surface area contributed by atoms with Crippen LogP contribution >= 0.6 is 0 Å². The number of amides is 1. The van der Waals surface area contributed by atoms with Crippen LogP contribution in [-0.4, -0.2) is 51.1 Å². The molecule has 1 N–H and O–H groups in total. The summed E-state index contributed by atoms with van der Waals surface area (Å²) in [5.74, 6) is 0.901. The lowest BCUT2D eigenvalue weighted by molar-refractivity contribution is 0.0537. The first-order valence-electron chi connectivity index (χ1n) is 10.6. The Kier molecular flexibility index (Phi) is 5.51. The first kappa shape index (κ1) is 20.8. The van der Waals surface area contributed by atoms with E-state index in [1.807, 2.05) is 31.7 Å². The number of aromatic nitrogens is 3. The average molecular weight is 418 g/mol. The van der Waals surface area contributed by atoms with Crippen LogP contribution < -0.4 is 5.32 Å². The van der Waals surface area contributed by atoms with Gasteiger partial charge in [0.25, 0.3) is 12.3 Å². The molecule has 2 atom stereocenters. The van der Waals surface area contributed by atoms with E-state index in [1.54, 1.807) is 24.5 Å². The smallest absolute Gasteiger partial charge is 0.260 e. The van der Waals surface area contributed by atoms with Crippen molar-refractivity contribution in [2.45, 2.75) is 64.0 Å². The normalized spacial score (nSPS) is 22.7. The van der Waals surface area contributed by atoms with Gasteiger partial charge in [-0.05, 0) is 37.3 Å². The number of nitrogens with zero attached hydrogens (tertiary/aromatic N) is 4. The van der Waals surface area contributed by atoms with Crippen molar-refractivity contribution in [1.29, 1.82) is 0 Å². The predicted octanol–water partition coefficient (Wildman–Crippen LogP) is 4.12. The second-order valence-electron chi connectivity index (χ2n) is 9.37. The maximum Gasteiger partial charge on any atom is 0.260 e. The highest BCUT2D eigenvalue weighted by Gasteiger charge is 2.39. The van der Waals surface area contributed by atoms with E-state index in [4.69, 9.17) is 0 Å². The van der Waals surface area contributed by atoms with Gasteiger partial charge in [0.1, 0.15) is 11.9 Å². The van der Waals surface area contributed by atoms with Gasteiger partial charge in [0.15, 0.2) is 0 Å². The van der Waals surface area contributed by atoms with Gasteiger partial charge in [0, 0.05) is 43.0 Å². The fourth-order valence-corrected chi connectivity index (χ4v) is 4.43. The number of carbonyl (C=O) groups is 1. The SMILES string of the molecule is CC(C)(C)c1cc2n(n1)[C@@H](C(F)F)C[C@@H](C1CCN(C(=O)c3cccnc3)CC1)N2. The zero-order valence-electron chi connectivity index (χ0n) is 17.7.